The summed E-state index contributed by atoms with van der Waals surface area (Å²) in [4.78, 5) is 0. The van der Waals surface area contributed by atoms with Crippen LogP contribution in [0.25, 0.3) is 0 Å². The molecule has 0 spiro atoms. The van der Waals surface area contributed by atoms with Gasteiger partial charge in [0.15, 0.2) is 8.51 Å². The maximum absolute atomic E-state index is 5.32. The van der Waals surface area contributed by atoms with Gasteiger partial charge in [0.1, 0.15) is 0 Å². The van der Waals surface area contributed by atoms with Crippen molar-refractivity contribution >= 4 is 35.4 Å². The van der Waals surface area contributed by atoms with Crippen LogP contribution in [0.15, 0.2) is 0 Å². The Balaban J connectivity index is 0.000000490. The number of H-pyrrole nitrogens is 1. The van der Waals surface area contributed by atoms with Crippen LogP contribution in [0, 0.1) is 0 Å². The van der Waals surface area contributed by atoms with Crippen molar-refractivity contribution in [2.45, 2.75) is 0 Å². The summed E-state index contributed by atoms with van der Waals surface area (Å²) in [6.07, 6.45) is 0. The van der Waals surface area contributed by atoms with E-state index in [1.54, 1.807) is 4.20 Å². The summed E-state index contributed by atoms with van der Waals surface area (Å²) in [7, 11) is 1.98. The van der Waals surface area contributed by atoms with Gasteiger partial charge in [0.25, 0.3) is 0 Å². The topological polar surface area (TPSA) is 59.6 Å². The van der Waals surface area contributed by atoms with Gasteiger partial charge in [0.05, 0.1) is 0 Å². The lowest BCUT2D eigenvalue weighted by molar-refractivity contribution is 1.27. The third kappa shape index (κ3) is 2.87. The zero-order valence-corrected chi connectivity index (χ0v) is 8.43. The molecule has 0 aliphatic heterocycles. The summed E-state index contributed by atoms with van der Waals surface area (Å²) in [5.41, 5.74) is 0. The second kappa shape index (κ2) is 4.56. The maximum Gasteiger partial charge on any atom is 0.157 e. The van der Waals surface area contributed by atoms with Gasteiger partial charge in [-0.2, -0.15) is 14.4 Å². The van der Waals surface area contributed by atoms with Gasteiger partial charge in [-0.15, -0.1) is 0 Å². The smallest absolute Gasteiger partial charge is 0.157 e. The van der Waals surface area contributed by atoms with Gasteiger partial charge in [-0.25, -0.2) is 10.0 Å². The SMILES string of the molecule is Nn1pn[pH][nH][pH]1.P. The Morgan fingerprint density at radius 2 is 2.50 bits per heavy atom. The van der Waals surface area contributed by atoms with Crippen molar-refractivity contribution in [1.82, 2.24) is 13.2 Å². The third-order valence-corrected chi connectivity index (χ3v) is 3.06. The van der Waals surface area contributed by atoms with E-state index in [0.717, 1.165) is 8.51 Å². The van der Waals surface area contributed by atoms with Crippen molar-refractivity contribution in [3.05, 3.63) is 0 Å². The van der Waals surface area contributed by atoms with Crippen LogP contribution in [0.4, 0.5) is 0 Å². The lowest BCUT2D eigenvalue weighted by Gasteiger charge is -1.88. The van der Waals surface area contributed by atoms with Gasteiger partial charge in [-0.3, -0.25) is 0 Å². The lowest BCUT2D eigenvalue weighted by atomic mass is 13.0. The molecule has 1 rings (SSSR count). The molecule has 0 fully saturated rings. The molecular formula is H8N4P4. The van der Waals surface area contributed by atoms with Crippen LogP contribution in [0.1, 0.15) is 0 Å². The average Bonchev–Trinajstić information content (AvgIpc) is 1.69. The fourth-order valence-corrected chi connectivity index (χ4v) is 3.10. The predicted molar refractivity (Wildman–Crippen MR) is 47.0 cm³/mol. The Bertz CT molecular complexity index is 138. The summed E-state index contributed by atoms with van der Waals surface area (Å²) >= 11 is 0. The van der Waals surface area contributed by atoms with E-state index in [9.17, 15) is 0 Å². The van der Waals surface area contributed by atoms with Gasteiger partial charge in [0.2, 0.25) is 0 Å². The van der Waals surface area contributed by atoms with Crippen LogP contribution in [0.2, 0.25) is 0 Å². The Kier molecular flexibility index (Phi) is 4.95. The molecule has 3 N–H and O–H groups in total. The zero-order chi connectivity index (χ0) is 5.11. The highest BCUT2D eigenvalue weighted by Crippen LogP contribution is 2.05. The van der Waals surface area contributed by atoms with Crippen LogP contribution >= 0.6 is 35.4 Å². The monoisotopic (exact) mass is 188 g/mol. The first-order valence-electron chi connectivity index (χ1n) is 1.61. The molecule has 8 heavy (non-hydrogen) atoms. The molecule has 0 saturated carbocycles. The van der Waals surface area contributed by atoms with Crippen LogP contribution in [0.3, 0.4) is 0 Å². The van der Waals surface area contributed by atoms with Crippen LogP contribution < -0.4 is 5.84 Å². The van der Waals surface area contributed by atoms with E-state index in [2.05, 4.69) is 9.02 Å². The summed E-state index contributed by atoms with van der Waals surface area (Å²) in [6.45, 7) is 0. The quantitative estimate of drug-likeness (QED) is 0.466. The standard InChI is InChI=1S/H5N4P3.H3P/c1-4-6-2-5-3-7-4;/h2,5-6H,1H2;1H3. The van der Waals surface area contributed by atoms with Gasteiger partial charge in [-0.05, 0) is 0 Å². The lowest BCUT2D eigenvalue weighted by Crippen LogP contribution is -1.97. The molecule has 3 atom stereocenters. The van der Waals surface area contributed by atoms with Crippen LogP contribution in [0.5, 0.6) is 0 Å². The number of nitrogens with two attached hydrogens (primary N) is 1. The number of hydrogen-bond donors (Lipinski definition) is 2. The Labute approximate surface area is 55.2 Å². The van der Waals surface area contributed by atoms with Gasteiger partial charge < -0.3 is 4.51 Å². The molecule has 0 aliphatic carbocycles. The summed E-state index contributed by atoms with van der Waals surface area (Å²) in [5, 5.41) is 0. The summed E-state index contributed by atoms with van der Waals surface area (Å²) < 4.78 is 8.59. The van der Waals surface area contributed by atoms with Crippen molar-refractivity contribution in [3.8, 4) is 0 Å². The second-order valence-electron chi connectivity index (χ2n) is 0.883. The van der Waals surface area contributed by atoms with Gasteiger partial charge in [0, 0.05) is 17.0 Å². The molecular weight excluding hydrogens is 180 g/mol. The Morgan fingerprint density at radius 3 is 2.75 bits per heavy atom. The van der Waals surface area contributed by atoms with Crippen LogP contribution in [-0.2, 0) is 0 Å². The fourth-order valence-electron chi connectivity index (χ4n) is 0.200. The average molecular weight is 188 g/mol. The molecule has 0 aromatic carbocycles. The van der Waals surface area contributed by atoms with E-state index in [4.69, 9.17) is 5.84 Å². The molecule has 1 aromatic heterocycles. The first-order valence-corrected chi connectivity index (χ1v) is 4.30. The molecule has 3 unspecified atom stereocenters. The van der Waals surface area contributed by atoms with E-state index in [1.165, 1.54) is 0 Å². The van der Waals surface area contributed by atoms with E-state index in [-0.39, 0.29) is 9.90 Å². The van der Waals surface area contributed by atoms with E-state index < -0.39 is 0 Å². The normalized spacial score (nSPS) is 10.6. The number of rotatable bonds is 0. The minimum atomic E-state index is 0. The largest absolute Gasteiger partial charge is 0.312 e. The molecule has 0 radical (unpaired) electrons. The van der Waals surface area contributed by atoms with Crippen molar-refractivity contribution in [1.29, 1.82) is 0 Å². The number of aromatic nitrogens is 3. The molecule has 4 nitrogen and oxygen atoms in total. The minimum Gasteiger partial charge on any atom is -0.312 e. The molecule has 0 saturated heterocycles. The Morgan fingerprint density at radius 1 is 1.75 bits per heavy atom. The van der Waals surface area contributed by atoms with Crippen molar-refractivity contribution < 1.29 is 0 Å². The first kappa shape index (κ1) is 8.69. The molecule has 8 heteroatoms. The van der Waals surface area contributed by atoms with Crippen molar-refractivity contribution in [2.24, 2.45) is 0 Å². The number of nitrogens with one attached hydrogen (secondary N) is 1. The maximum atomic E-state index is 5.32. The minimum absolute atomic E-state index is 0. The number of aromatic amines is 1. The molecule has 1 aromatic rings. The number of hydrogen-bond acceptors (Lipinski definition) is 2. The van der Waals surface area contributed by atoms with E-state index >= 15 is 0 Å². The third-order valence-electron chi connectivity index (χ3n) is 0.417. The zero-order valence-electron chi connectivity index (χ0n) is 4.13. The van der Waals surface area contributed by atoms with Crippen molar-refractivity contribution in [2.75, 3.05) is 5.84 Å². The van der Waals surface area contributed by atoms with E-state index in [1.807, 2.05) is 0 Å². The van der Waals surface area contributed by atoms with Crippen LogP contribution in [-0.4, -0.2) is 13.2 Å². The number of nitrogens with zero attached hydrogens (tertiary/aromatic N) is 2. The highest BCUT2D eigenvalue weighted by atomic mass is 31.1. The molecule has 0 amide bonds. The fraction of sp³-hybridized carbons (Fsp3) is 0. The van der Waals surface area contributed by atoms with Crippen molar-refractivity contribution in [3.63, 3.8) is 0 Å². The van der Waals surface area contributed by atoms with E-state index in [0.29, 0.717) is 17.0 Å². The highest BCUT2D eigenvalue weighted by molar-refractivity contribution is 7.44. The van der Waals surface area contributed by atoms with Gasteiger partial charge >= 0.3 is 0 Å². The second-order valence-corrected chi connectivity index (χ2v) is 4.60. The molecule has 48 valence electrons. The molecule has 0 aliphatic rings. The summed E-state index contributed by atoms with van der Waals surface area (Å²) in [5.74, 6) is 5.32. The summed E-state index contributed by atoms with van der Waals surface area (Å²) in [6, 6.07) is 0. The van der Waals surface area contributed by atoms with Gasteiger partial charge in [-0.1, -0.05) is 0 Å². The first-order chi connectivity index (χ1) is 3.39. The molecule has 1 heterocycles. The predicted octanol–water partition coefficient (Wildman–Crippen LogP) is 0.750. The molecule has 0 bridgehead atoms. The highest BCUT2D eigenvalue weighted by Gasteiger charge is 1.68. The Hall–Kier alpha value is 0.690. The number of nitrogen functional groups attached to an aromatic ring is 1.